The first-order valence-electron chi connectivity index (χ1n) is 6.10. The Morgan fingerprint density at radius 1 is 1.50 bits per heavy atom. The minimum atomic E-state index is 0.399. The molecule has 0 saturated carbocycles. The standard InChI is InChI=1S/C14H23NO/c1-5-7-8-14(15-9-6-2)13-10-11(3)16-12(13)4/h5,10,14-15H,1,6-9H2,2-4H3. The van der Waals surface area contributed by atoms with Crippen LogP contribution in [0.25, 0.3) is 0 Å². The van der Waals surface area contributed by atoms with E-state index in [1.807, 2.05) is 19.9 Å². The summed E-state index contributed by atoms with van der Waals surface area (Å²) in [4.78, 5) is 0. The Labute approximate surface area is 98.7 Å². The Kier molecular flexibility index (Phi) is 5.33. The smallest absolute Gasteiger partial charge is 0.105 e. The maximum atomic E-state index is 5.59. The summed E-state index contributed by atoms with van der Waals surface area (Å²) < 4.78 is 5.59. The van der Waals surface area contributed by atoms with Gasteiger partial charge in [0.05, 0.1) is 0 Å². The molecule has 16 heavy (non-hydrogen) atoms. The fraction of sp³-hybridized carbons (Fsp3) is 0.571. The van der Waals surface area contributed by atoms with E-state index in [1.54, 1.807) is 0 Å². The highest BCUT2D eigenvalue weighted by Crippen LogP contribution is 2.25. The second-order valence-corrected chi connectivity index (χ2v) is 4.24. The molecular formula is C14H23NO. The van der Waals surface area contributed by atoms with Gasteiger partial charge in [0.2, 0.25) is 0 Å². The molecule has 0 aliphatic rings. The maximum absolute atomic E-state index is 5.59. The molecule has 0 radical (unpaired) electrons. The molecule has 1 rings (SSSR count). The molecule has 0 saturated heterocycles. The third-order valence-electron chi connectivity index (χ3n) is 2.75. The molecule has 90 valence electrons. The van der Waals surface area contributed by atoms with Crippen LogP contribution in [0.15, 0.2) is 23.1 Å². The zero-order valence-corrected chi connectivity index (χ0v) is 10.7. The van der Waals surface area contributed by atoms with Crippen molar-refractivity contribution in [2.75, 3.05) is 6.54 Å². The lowest BCUT2D eigenvalue weighted by Gasteiger charge is -2.17. The molecule has 1 aromatic heterocycles. The van der Waals surface area contributed by atoms with E-state index in [0.717, 1.165) is 37.3 Å². The van der Waals surface area contributed by atoms with Gasteiger partial charge in [0.15, 0.2) is 0 Å². The van der Waals surface area contributed by atoms with Gasteiger partial charge in [-0.3, -0.25) is 0 Å². The fourth-order valence-electron chi connectivity index (χ4n) is 1.97. The molecule has 0 amide bonds. The van der Waals surface area contributed by atoms with Crippen LogP contribution in [0, 0.1) is 13.8 Å². The molecule has 1 N–H and O–H groups in total. The molecule has 1 aromatic rings. The summed E-state index contributed by atoms with van der Waals surface area (Å²) in [6, 6.07) is 2.54. The van der Waals surface area contributed by atoms with E-state index in [4.69, 9.17) is 4.42 Å². The Bertz CT molecular complexity index is 327. The van der Waals surface area contributed by atoms with Gasteiger partial charge in [0.25, 0.3) is 0 Å². The topological polar surface area (TPSA) is 25.2 Å². The highest BCUT2D eigenvalue weighted by Gasteiger charge is 2.15. The van der Waals surface area contributed by atoms with Gasteiger partial charge in [-0.2, -0.15) is 0 Å². The lowest BCUT2D eigenvalue weighted by Crippen LogP contribution is -2.22. The molecule has 0 fully saturated rings. The van der Waals surface area contributed by atoms with E-state index >= 15 is 0 Å². The van der Waals surface area contributed by atoms with Crippen molar-refractivity contribution >= 4 is 0 Å². The molecule has 2 nitrogen and oxygen atoms in total. The van der Waals surface area contributed by atoms with E-state index in [2.05, 4.69) is 24.9 Å². The number of furan rings is 1. The normalized spacial score (nSPS) is 12.7. The number of aryl methyl sites for hydroxylation is 2. The molecular weight excluding hydrogens is 198 g/mol. The van der Waals surface area contributed by atoms with Gasteiger partial charge in [-0.25, -0.2) is 0 Å². The van der Waals surface area contributed by atoms with Crippen molar-refractivity contribution in [3.05, 3.63) is 35.8 Å². The van der Waals surface area contributed by atoms with Crippen LogP contribution < -0.4 is 5.32 Å². The van der Waals surface area contributed by atoms with Gasteiger partial charge in [0, 0.05) is 11.6 Å². The van der Waals surface area contributed by atoms with Crippen LogP contribution in [-0.4, -0.2) is 6.54 Å². The molecule has 0 aliphatic heterocycles. The van der Waals surface area contributed by atoms with E-state index in [1.165, 1.54) is 5.56 Å². The van der Waals surface area contributed by atoms with Crippen LogP contribution in [-0.2, 0) is 0 Å². The van der Waals surface area contributed by atoms with Crippen LogP contribution in [0.3, 0.4) is 0 Å². The molecule has 0 aliphatic carbocycles. The molecule has 0 spiro atoms. The summed E-state index contributed by atoms with van der Waals surface area (Å²) >= 11 is 0. The molecule has 1 heterocycles. The third-order valence-corrected chi connectivity index (χ3v) is 2.75. The minimum Gasteiger partial charge on any atom is -0.466 e. The summed E-state index contributed by atoms with van der Waals surface area (Å²) in [6.45, 7) is 11.1. The number of hydrogen-bond acceptors (Lipinski definition) is 2. The first-order chi connectivity index (χ1) is 7.69. The van der Waals surface area contributed by atoms with Gasteiger partial charge < -0.3 is 9.73 Å². The largest absolute Gasteiger partial charge is 0.466 e. The second kappa shape index (κ2) is 6.54. The van der Waals surface area contributed by atoms with E-state index < -0.39 is 0 Å². The molecule has 1 unspecified atom stereocenters. The second-order valence-electron chi connectivity index (χ2n) is 4.24. The van der Waals surface area contributed by atoms with Gasteiger partial charge in [-0.15, -0.1) is 6.58 Å². The predicted molar refractivity (Wildman–Crippen MR) is 68.6 cm³/mol. The number of nitrogens with one attached hydrogen (secondary N) is 1. The third kappa shape index (κ3) is 3.53. The number of rotatable bonds is 7. The number of allylic oxidation sites excluding steroid dienone is 1. The van der Waals surface area contributed by atoms with Crippen molar-refractivity contribution < 1.29 is 4.42 Å². The van der Waals surface area contributed by atoms with Crippen LogP contribution in [0.2, 0.25) is 0 Å². The Balaban J connectivity index is 2.73. The van der Waals surface area contributed by atoms with E-state index in [9.17, 15) is 0 Å². The Hall–Kier alpha value is -1.02. The fourth-order valence-corrected chi connectivity index (χ4v) is 1.97. The lowest BCUT2D eigenvalue weighted by molar-refractivity contribution is 0.470. The summed E-state index contributed by atoms with van der Waals surface area (Å²) in [5.74, 6) is 2.03. The Morgan fingerprint density at radius 2 is 2.25 bits per heavy atom. The highest BCUT2D eigenvalue weighted by molar-refractivity contribution is 5.24. The van der Waals surface area contributed by atoms with E-state index in [-0.39, 0.29) is 0 Å². The monoisotopic (exact) mass is 221 g/mol. The van der Waals surface area contributed by atoms with Gasteiger partial charge in [-0.1, -0.05) is 13.0 Å². The average Bonchev–Trinajstić information content (AvgIpc) is 2.58. The van der Waals surface area contributed by atoms with Crippen LogP contribution in [0.4, 0.5) is 0 Å². The van der Waals surface area contributed by atoms with Crippen LogP contribution in [0.1, 0.15) is 49.3 Å². The number of hydrogen-bond donors (Lipinski definition) is 1. The van der Waals surface area contributed by atoms with E-state index in [0.29, 0.717) is 6.04 Å². The molecule has 1 atom stereocenters. The summed E-state index contributed by atoms with van der Waals surface area (Å²) in [6.07, 6.45) is 5.25. The Morgan fingerprint density at radius 3 is 2.75 bits per heavy atom. The van der Waals surface area contributed by atoms with Crippen LogP contribution >= 0.6 is 0 Å². The first kappa shape index (κ1) is 13.0. The minimum absolute atomic E-state index is 0.399. The zero-order chi connectivity index (χ0) is 12.0. The molecule has 2 heteroatoms. The quantitative estimate of drug-likeness (QED) is 0.706. The van der Waals surface area contributed by atoms with Crippen molar-refractivity contribution in [1.29, 1.82) is 0 Å². The van der Waals surface area contributed by atoms with Crippen molar-refractivity contribution in [3.63, 3.8) is 0 Å². The van der Waals surface area contributed by atoms with Gasteiger partial charge in [0.1, 0.15) is 11.5 Å². The van der Waals surface area contributed by atoms with Crippen molar-refractivity contribution in [1.82, 2.24) is 5.32 Å². The summed E-state index contributed by atoms with van der Waals surface area (Å²) in [5.41, 5.74) is 1.30. The zero-order valence-electron chi connectivity index (χ0n) is 10.7. The summed E-state index contributed by atoms with van der Waals surface area (Å²) in [7, 11) is 0. The van der Waals surface area contributed by atoms with Gasteiger partial charge >= 0.3 is 0 Å². The molecule has 0 aromatic carbocycles. The van der Waals surface area contributed by atoms with Crippen LogP contribution in [0.5, 0.6) is 0 Å². The van der Waals surface area contributed by atoms with Crippen molar-refractivity contribution in [3.8, 4) is 0 Å². The van der Waals surface area contributed by atoms with Crippen molar-refractivity contribution in [2.45, 2.75) is 46.1 Å². The maximum Gasteiger partial charge on any atom is 0.105 e. The average molecular weight is 221 g/mol. The molecule has 0 bridgehead atoms. The van der Waals surface area contributed by atoms with Gasteiger partial charge in [-0.05, 0) is 45.7 Å². The predicted octanol–water partition coefficient (Wildman–Crippen LogP) is 3.90. The summed E-state index contributed by atoms with van der Waals surface area (Å²) in [5, 5.41) is 3.57. The van der Waals surface area contributed by atoms with Crippen molar-refractivity contribution in [2.24, 2.45) is 0 Å². The lowest BCUT2D eigenvalue weighted by atomic mass is 10.0. The SMILES string of the molecule is C=CCCC(NCCC)c1cc(C)oc1C. The first-order valence-corrected chi connectivity index (χ1v) is 6.10. The highest BCUT2D eigenvalue weighted by atomic mass is 16.3.